The van der Waals surface area contributed by atoms with Crippen molar-refractivity contribution < 1.29 is 24.1 Å². The number of nitrogens with zero attached hydrogens (tertiary/aromatic N) is 3. The second kappa shape index (κ2) is 12.3. The maximum absolute atomic E-state index is 11.3. The van der Waals surface area contributed by atoms with E-state index in [0.29, 0.717) is 44.3 Å². The zero-order valence-corrected chi connectivity index (χ0v) is 21.5. The van der Waals surface area contributed by atoms with Gasteiger partial charge >= 0.3 is 0 Å². The minimum Gasteiger partial charge on any atom is -0.493 e. The Morgan fingerprint density at radius 1 is 1.11 bits per heavy atom. The van der Waals surface area contributed by atoms with Crippen LogP contribution >= 0.6 is 0 Å². The van der Waals surface area contributed by atoms with E-state index in [-0.39, 0.29) is 13.2 Å². The van der Waals surface area contributed by atoms with Gasteiger partial charge in [0.2, 0.25) is 0 Å². The van der Waals surface area contributed by atoms with Crippen molar-refractivity contribution >= 4 is 0 Å². The van der Waals surface area contributed by atoms with Crippen molar-refractivity contribution in [3.8, 4) is 17.2 Å². The lowest BCUT2D eigenvalue weighted by Gasteiger charge is -2.30. The molecule has 1 atom stereocenters. The fourth-order valence-corrected chi connectivity index (χ4v) is 4.37. The van der Waals surface area contributed by atoms with Gasteiger partial charge in [-0.25, -0.2) is 4.98 Å². The molecule has 0 bridgehead atoms. The average molecular weight is 496 g/mol. The fourth-order valence-electron chi connectivity index (χ4n) is 4.37. The van der Waals surface area contributed by atoms with E-state index in [0.717, 1.165) is 30.1 Å². The van der Waals surface area contributed by atoms with Gasteiger partial charge in [-0.2, -0.15) is 0 Å². The molecular weight excluding hydrogens is 458 g/mol. The van der Waals surface area contributed by atoms with E-state index in [1.165, 1.54) is 5.56 Å². The Morgan fingerprint density at radius 2 is 1.94 bits per heavy atom. The van der Waals surface area contributed by atoms with Crippen LogP contribution in [-0.4, -0.2) is 71.8 Å². The van der Waals surface area contributed by atoms with Crippen LogP contribution in [0.4, 0.5) is 0 Å². The van der Waals surface area contributed by atoms with Gasteiger partial charge in [0.15, 0.2) is 11.5 Å². The summed E-state index contributed by atoms with van der Waals surface area (Å²) >= 11 is 0. The molecule has 8 nitrogen and oxygen atoms in total. The third-order valence-corrected chi connectivity index (χ3v) is 6.31. The first-order valence-corrected chi connectivity index (χ1v) is 12.5. The lowest BCUT2D eigenvalue weighted by molar-refractivity contribution is -0.0646. The van der Waals surface area contributed by atoms with Gasteiger partial charge in [0.25, 0.3) is 0 Å². The molecule has 1 aromatic heterocycles. The predicted molar refractivity (Wildman–Crippen MR) is 138 cm³/mol. The number of methoxy groups -OCH3 is 1. The zero-order valence-electron chi connectivity index (χ0n) is 21.5. The second-order valence-corrected chi connectivity index (χ2v) is 9.31. The molecule has 1 aliphatic rings. The van der Waals surface area contributed by atoms with Crippen molar-refractivity contribution in [1.29, 1.82) is 0 Å². The summed E-state index contributed by atoms with van der Waals surface area (Å²) in [4.78, 5) is 6.55. The smallest absolute Gasteiger partial charge is 0.161 e. The molecule has 194 valence electrons. The van der Waals surface area contributed by atoms with E-state index < -0.39 is 5.60 Å². The fraction of sp³-hybridized carbons (Fsp3) is 0.464. The third kappa shape index (κ3) is 7.00. The van der Waals surface area contributed by atoms with Crippen LogP contribution in [0.3, 0.4) is 0 Å². The Hall–Kier alpha value is -3.07. The summed E-state index contributed by atoms with van der Waals surface area (Å²) in [6.07, 6.45) is 4.67. The van der Waals surface area contributed by atoms with E-state index in [9.17, 15) is 5.11 Å². The molecule has 4 rings (SSSR count). The number of benzene rings is 2. The van der Waals surface area contributed by atoms with Gasteiger partial charge in [-0.3, -0.25) is 4.90 Å². The molecule has 0 amide bonds. The molecule has 0 spiro atoms. The summed E-state index contributed by atoms with van der Waals surface area (Å²) < 4.78 is 25.4. The molecule has 36 heavy (non-hydrogen) atoms. The molecule has 0 unspecified atom stereocenters. The van der Waals surface area contributed by atoms with Crippen molar-refractivity contribution in [2.75, 3.05) is 46.6 Å². The molecule has 1 saturated heterocycles. The maximum Gasteiger partial charge on any atom is 0.161 e. The first kappa shape index (κ1) is 26.0. The van der Waals surface area contributed by atoms with E-state index >= 15 is 0 Å². The van der Waals surface area contributed by atoms with Crippen LogP contribution in [0.15, 0.2) is 54.9 Å². The summed E-state index contributed by atoms with van der Waals surface area (Å²) in [6.45, 7) is 8.12. The van der Waals surface area contributed by atoms with Crippen molar-refractivity contribution in [2.45, 2.75) is 39.0 Å². The lowest BCUT2D eigenvalue weighted by Crippen LogP contribution is -2.48. The highest BCUT2D eigenvalue weighted by molar-refractivity contribution is 5.43. The maximum atomic E-state index is 11.3. The predicted octanol–water partition coefficient (Wildman–Crippen LogP) is 3.48. The van der Waals surface area contributed by atoms with E-state index in [2.05, 4.69) is 21.4 Å². The normalized spacial score (nSPS) is 18.6. The number of hydrogen-bond donors (Lipinski definition) is 1. The Morgan fingerprint density at radius 3 is 2.72 bits per heavy atom. The van der Waals surface area contributed by atoms with E-state index in [1.54, 1.807) is 7.11 Å². The number of aromatic nitrogens is 2. The van der Waals surface area contributed by atoms with Crippen molar-refractivity contribution in [3.05, 3.63) is 71.8 Å². The lowest BCUT2D eigenvalue weighted by atomic mass is 10.1. The van der Waals surface area contributed by atoms with Crippen LogP contribution in [0.1, 0.15) is 23.9 Å². The molecule has 0 radical (unpaired) electrons. The number of ether oxygens (including phenoxy) is 4. The van der Waals surface area contributed by atoms with Gasteiger partial charge in [0.05, 0.1) is 26.9 Å². The number of rotatable bonds is 11. The van der Waals surface area contributed by atoms with Gasteiger partial charge in [-0.15, -0.1) is 0 Å². The number of aryl methyl sites for hydroxylation is 2. The van der Waals surface area contributed by atoms with Crippen molar-refractivity contribution in [2.24, 2.45) is 0 Å². The number of β-amino-alcohol motifs (C(OH)–C–C–N with tert-alkyl or cyclic N) is 1. The molecule has 2 heterocycles. The highest BCUT2D eigenvalue weighted by Gasteiger charge is 2.33. The summed E-state index contributed by atoms with van der Waals surface area (Å²) in [5, 5.41) is 11.3. The standard InChI is InChI=1S/C28H37N3O5/c1-4-27-29-11-12-31(27)14-16-35-26-17-23(7-10-25(26)33-3)18-30-13-15-34-20-28(32,19-30)21-36-24-8-5-22(2)6-9-24/h5-12,17,32H,4,13-16,18-21H2,1-3H3/t28-/m0/s1. The summed E-state index contributed by atoms with van der Waals surface area (Å²) in [7, 11) is 1.65. The van der Waals surface area contributed by atoms with Gasteiger partial charge in [0, 0.05) is 38.4 Å². The highest BCUT2D eigenvalue weighted by Crippen LogP contribution is 2.29. The molecule has 2 aromatic carbocycles. The molecule has 1 aliphatic heterocycles. The number of hydrogen-bond acceptors (Lipinski definition) is 7. The Bertz CT molecular complexity index is 1100. The van der Waals surface area contributed by atoms with Gasteiger partial charge in [0.1, 0.15) is 30.4 Å². The number of imidazole rings is 1. The van der Waals surface area contributed by atoms with Gasteiger partial charge in [-0.05, 0) is 36.8 Å². The summed E-state index contributed by atoms with van der Waals surface area (Å²) in [5.74, 6) is 3.18. The van der Waals surface area contributed by atoms with Crippen LogP contribution in [0.25, 0.3) is 0 Å². The van der Waals surface area contributed by atoms with E-state index in [4.69, 9.17) is 18.9 Å². The van der Waals surface area contributed by atoms with Crippen LogP contribution < -0.4 is 14.2 Å². The Labute approximate surface area is 213 Å². The average Bonchev–Trinajstić information content (AvgIpc) is 3.25. The molecule has 3 aromatic rings. The first-order valence-electron chi connectivity index (χ1n) is 12.5. The largest absolute Gasteiger partial charge is 0.493 e. The van der Waals surface area contributed by atoms with Crippen LogP contribution in [0.2, 0.25) is 0 Å². The summed E-state index contributed by atoms with van der Waals surface area (Å²) in [6, 6.07) is 13.8. The van der Waals surface area contributed by atoms with Gasteiger partial charge in [-0.1, -0.05) is 30.7 Å². The minimum absolute atomic E-state index is 0.164. The molecule has 8 heteroatoms. The van der Waals surface area contributed by atoms with Crippen molar-refractivity contribution in [3.63, 3.8) is 0 Å². The minimum atomic E-state index is -1.10. The monoisotopic (exact) mass is 495 g/mol. The van der Waals surface area contributed by atoms with Crippen LogP contribution in [0, 0.1) is 6.92 Å². The quantitative estimate of drug-likeness (QED) is 0.436. The topological polar surface area (TPSA) is 78.2 Å². The van der Waals surface area contributed by atoms with Crippen LogP contribution in [-0.2, 0) is 24.2 Å². The SMILES string of the molecule is CCc1nccn1CCOc1cc(CN2CCOC[C@](O)(COc3ccc(C)cc3)C2)ccc1OC. The van der Waals surface area contributed by atoms with Gasteiger partial charge < -0.3 is 28.6 Å². The molecule has 1 fully saturated rings. The molecular formula is C28H37N3O5. The van der Waals surface area contributed by atoms with Crippen molar-refractivity contribution in [1.82, 2.24) is 14.5 Å². The Balaban J connectivity index is 1.37. The molecule has 1 N–H and O–H groups in total. The molecule has 0 aliphatic carbocycles. The second-order valence-electron chi connectivity index (χ2n) is 9.31. The summed E-state index contributed by atoms with van der Waals surface area (Å²) in [5.41, 5.74) is 1.14. The number of aliphatic hydroxyl groups is 1. The molecule has 0 saturated carbocycles. The van der Waals surface area contributed by atoms with E-state index in [1.807, 2.05) is 61.8 Å². The first-order chi connectivity index (χ1) is 17.5. The highest BCUT2D eigenvalue weighted by atomic mass is 16.5. The Kier molecular flexibility index (Phi) is 8.85. The van der Waals surface area contributed by atoms with Crippen LogP contribution in [0.5, 0.6) is 17.2 Å². The third-order valence-electron chi connectivity index (χ3n) is 6.31. The zero-order chi connectivity index (χ0) is 25.4.